The first-order chi connectivity index (χ1) is 5.25. The van der Waals surface area contributed by atoms with Gasteiger partial charge in [0, 0.05) is 24.8 Å². The molecule has 0 aromatic carbocycles. The Balaban J connectivity index is 2.44. The second-order valence-electron chi connectivity index (χ2n) is 3.17. The molecule has 0 amide bonds. The Morgan fingerprint density at radius 2 is 2.36 bits per heavy atom. The van der Waals surface area contributed by atoms with Crippen molar-refractivity contribution in [2.24, 2.45) is 5.92 Å². The largest absolute Gasteiger partial charge is 0.381 e. The summed E-state index contributed by atoms with van der Waals surface area (Å²) in [5, 5.41) is 3.78. The van der Waals surface area contributed by atoms with Crippen LogP contribution >= 0.6 is 12.6 Å². The predicted molar refractivity (Wildman–Crippen MR) is 50.2 cm³/mol. The highest BCUT2D eigenvalue weighted by atomic mass is 32.1. The van der Waals surface area contributed by atoms with E-state index in [9.17, 15) is 0 Å². The third-order valence-electron chi connectivity index (χ3n) is 2.39. The summed E-state index contributed by atoms with van der Waals surface area (Å²) < 4.78 is 5.38. The van der Waals surface area contributed by atoms with Crippen LogP contribution in [0.3, 0.4) is 0 Å². The predicted octanol–water partition coefficient (Wildman–Crippen LogP) is 0.929. The van der Waals surface area contributed by atoms with Crippen molar-refractivity contribution < 1.29 is 4.74 Å². The molecule has 3 heteroatoms. The van der Waals surface area contributed by atoms with Gasteiger partial charge in [-0.2, -0.15) is 12.6 Å². The summed E-state index contributed by atoms with van der Waals surface area (Å²) in [5.41, 5.74) is 0. The molecule has 1 heterocycles. The Morgan fingerprint density at radius 3 is 2.82 bits per heavy atom. The molecule has 1 rings (SSSR count). The van der Waals surface area contributed by atoms with Crippen LogP contribution in [0.25, 0.3) is 0 Å². The normalized spacial score (nSPS) is 35.2. The van der Waals surface area contributed by atoms with Crippen LogP contribution in [-0.2, 0) is 4.74 Å². The van der Waals surface area contributed by atoms with Crippen molar-refractivity contribution in [1.29, 1.82) is 0 Å². The van der Waals surface area contributed by atoms with E-state index in [1.54, 1.807) is 7.11 Å². The van der Waals surface area contributed by atoms with Crippen molar-refractivity contribution in [3.8, 4) is 0 Å². The molecule has 1 saturated heterocycles. The Labute approximate surface area is 74.1 Å². The summed E-state index contributed by atoms with van der Waals surface area (Å²) >= 11 is 4.43. The second kappa shape index (κ2) is 4.33. The average molecular weight is 175 g/mol. The summed E-state index contributed by atoms with van der Waals surface area (Å²) in [6.07, 6.45) is 1.52. The fourth-order valence-electron chi connectivity index (χ4n) is 1.63. The monoisotopic (exact) mass is 175 g/mol. The molecule has 1 aliphatic rings. The van der Waals surface area contributed by atoms with E-state index in [-0.39, 0.29) is 0 Å². The summed E-state index contributed by atoms with van der Waals surface area (Å²) in [6, 6.07) is 0. The van der Waals surface area contributed by atoms with Crippen molar-refractivity contribution >= 4 is 12.6 Å². The van der Waals surface area contributed by atoms with Crippen LogP contribution in [0, 0.1) is 5.92 Å². The van der Waals surface area contributed by atoms with Crippen LogP contribution in [0.2, 0.25) is 0 Å². The summed E-state index contributed by atoms with van der Waals surface area (Å²) in [6.45, 7) is 4.26. The van der Waals surface area contributed by atoms with Gasteiger partial charge in [-0.05, 0) is 13.0 Å². The van der Waals surface area contributed by atoms with Crippen LogP contribution in [0.1, 0.15) is 13.3 Å². The van der Waals surface area contributed by atoms with E-state index < -0.39 is 0 Å². The number of ether oxygens (including phenoxy) is 1. The van der Waals surface area contributed by atoms with E-state index in [4.69, 9.17) is 4.74 Å². The minimum atomic E-state index is 0.406. The first kappa shape index (κ1) is 9.36. The molecule has 3 atom stereocenters. The van der Waals surface area contributed by atoms with Crippen LogP contribution < -0.4 is 5.32 Å². The van der Waals surface area contributed by atoms with E-state index in [0.29, 0.717) is 17.3 Å². The maximum Gasteiger partial charge on any atom is 0.0634 e. The minimum absolute atomic E-state index is 0.406. The van der Waals surface area contributed by atoms with Gasteiger partial charge in [0.05, 0.1) is 6.10 Å². The van der Waals surface area contributed by atoms with Gasteiger partial charge < -0.3 is 10.1 Å². The van der Waals surface area contributed by atoms with Gasteiger partial charge in [-0.1, -0.05) is 6.92 Å². The van der Waals surface area contributed by atoms with Gasteiger partial charge in [0.2, 0.25) is 0 Å². The van der Waals surface area contributed by atoms with Gasteiger partial charge in [0.1, 0.15) is 0 Å². The van der Waals surface area contributed by atoms with Crippen molar-refractivity contribution in [1.82, 2.24) is 5.32 Å². The Bertz CT molecular complexity index is 119. The molecule has 0 saturated carbocycles. The molecular weight excluding hydrogens is 158 g/mol. The number of thiol groups is 1. The molecule has 0 aromatic rings. The lowest BCUT2D eigenvalue weighted by atomic mass is 9.93. The lowest BCUT2D eigenvalue weighted by Crippen LogP contribution is -2.44. The number of hydrogen-bond donors (Lipinski definition) is 2. The highest BCUT2D eigenvalue weighted by Crippen LogP contribution is 2.21. The highest BCUT2D eigenvalue weighted by molar-refractivity contribution is 7.80. The molecule has 2 nitrogen and oxygen atoms in total. The average Bonchev–Trinajstić information content (AvgIpc) is 2.04. The molecule has 1 aliphatic heterocycles. The van der Waals surface area contributed by atoms with E-state index >= 15 is 0 Å². The van der Waals surface area contributed by atoms with E-state index in [1.165, 1.54) is 0 Å². The third-order valence-corrected chi connectivity index (χ3v) is 2.77. The zero-order chi connectivity index (χ0) is 8.27. The fourth-order valence-corrected chi connectivity index (χ4v) is 1.93. The zero-order valence-corrected chi connectivity index (χ0v) is 8.10. The van der Waals surface area contributed by atoms with Crippen LogP contribution in [0.15, 0.2) is 0 Å². The minimum Gasteiger partial charge on any atom is -0.381 e. The molecule has 66 valence electrons. The first-order valence-electron chi connectivity index (χ1n) is 4.17. The lowest BCUT2D eigenvalue weighted by molar-refractivity contribution is 0.0320. The molecule has 0 spiro atoms. The summed E-state index contributed by atoms with van der Waals surface area (Å²) in [4.78, 5) is 0. The molecule has 1 unspecified atom stereocenters. The fraction of sp³-hybridized carbons (Fsp3) is 1.00. The van der Waals surface area contributed by atoms with Gasteiger partial charge in [0.15, 0.2) is 0 Å². The molecule has 1 N–H and O–H groups in total. The Kier molecular flexibility index (Phi) is 3.69. The number of rotatable bonds is 2. The number of hydrogen-bond acceptors (Lipinski definition) is 3. The van der Waals surface area contributed by atoms with Gasteiger partial charge in [-0.3, -0.25) is 0 Å². The van der Waals surface area contributed by atoms with Crippen molar-refractivity contribution in [2.45, 2.75) is 24.7 Å². The van der Waals surface area contributed by atoms with Gasteiger partial charge >= 0.3 is 0 Å². The molecule has 0 radical (unpaired) electrons. The highest BCUT2D eigenvalue weighted by Gasteiger charge is 2.27. The summed E-state index contributed by atoms with van der Waals surface area (Å²) in [5.74, 6) is 0.567. The SMILES string of the molecule is CO[C@@H]1CCNC[C@H]1C(C)S. The molecule has 11 heavy (non-hydrogen) atoms. The Hall–Kier alpha value is 0.270. The standard InChI is InChI=1S/C8H17NOS/c1-6(11)7-5-9-4-3-8(7)10-2/h6-9,11H,3-5H2,1-2H3/t6?,7-,8+/m0/s1. The number of nitrogens with one attached hydrogen (secondary N) is 1. The lowest BCUT2D eigenvalue weighted by Gasteiger charge is -2.33. The maximum absolute atomic E-state index is 5.38. The Morgan fingerprint density at radius 1 is 1.64 bits per heavy atom. The topological polar surface area (TPSA) is 21.3 Å². The quantitative estimate of drug-likeness (QED) is 0.609. The molecule has 0 aromatic heterocycles. The van der Waals surface area contributed by atoms with E-state index in [2.05, 4.69) is 24.9 Å². The molecule has 0 bridgehead atoms. The van der Waals surface area contributed by atoms with Gasteiger partial charge in [-0.15, -0.1) is 0 Å². The van der Waals surface area contributed by atoms with Crippen LogP contribution in [-0.4, -0.2) is 31.6 Å². The molecule has 0 aliphatic carbocycles. The van der Waals surface area contributed by atoms with E-state index in [1.807, 2.05) is 0 Å². The van der Waals surface area contributed by atoms with Crippen LogP contribution in [0.4, 0.5) is 0 Å². The second-order valence-corrected chi connectivity index (χ2v) is 3.99. The first-order valence-corrected chi connectivity index (χ1v) is 4.69. The number of methoxy groups -OCH3 is 1. The van der Waals surface area contributed by atoms with Crippen molar-refractivity contribution in [3.63, 3.8) is 0 Å². The molecular formula is C8H17NOS. The zero-order valence-electron chi connectivity index (χ0n) is 7.21. The van der Waals surface area contributed by atoms with Gasteiger partial charge in [-0.25, -0.2) is 0 Å². The van der Waals surface area contributed by atoms with E-state index in [0.717, 1.165) is 19.5 Å². The van der Waals surface area contributed by atoms with Crippen molar-refractivity contribution in [2.75, 3.05) is 20.2 Å². The summed E-state index contributed by atoms with van der Waals surface area (Å²) in [7, 11) is 1.79. The molecule has 1 fully saturated rings. The van der Waals surface area contributed by atoms with Crippen LogP contribution in [0.5, 0.6) is 0 Å². The number of piperidine rings is 1. The van der Waals surface area contributed by atoms with Gasteiger partial charge in [0.25, 0.3) is 0 Å². The maximum atomic E-state index is 5.38. The third kappa shape index (κ3) is 2.36. The smallest absolute Gasteiger partial charge is 0.0634 e. The van der Waals surface area contributed by atoms with Crippen molar-refractivity contribution in [3.05, 3.63) is 0 Å².